The molecule has 0 unspecified atom stereocenters. The quantitative estimate of drug-likeness (QED) is 0.780. The lowest BCUT2D eigenvalue weighted by Gasteiger charge is -2.09. The first-order valence-electron chi connectivity index (χ1n) is 4.97. The lowest BCUT2D eigenvalue weighted by atomic mass is 10.3. The first-order chi connectivity index (χ1) is 7.79. The molecule has 1 aromatic rings. The summed E-state index contributed by atoms with van der Waals surface area (Å²) in [4.78, 5) is 14.0. The maximum atomic E-state index is 11.2. The molecule has 0 bridgehead atoms. The molecule has 0 saturated carbocycles. The van der Waals surface area contributed by atoms with Gasteiger partial charge in [-0.2, -0.15) is 0 Å². The van der Waals surface area contributed by atoms with E-state index in [1.54, 1.807) is 16.2 Å². The average Bonchev–Trinajstić information content (AvgIpc) is 2.87. The van der Waals surface area contributed by atoms with Gasteiger partial charge < -0.3 is 10.5 Å². The number of thiophene rings is 1. The van der Waals surface area contributed by atoms with E-state index in [-0.39, 0.29) is 6.09 Å². The van der Waals surface area contributed by atoms with Crippen molar-refractivity contribution in [2.24, 2.45) is 5.73 Å². The van der Waals surface area contributed by atoms with Crippen LogP contribution in [0.3, 0.4) is 0 Å². The van der Waals surface area contributed by atoms with E-state index in [0.29, 0.717) is 26.2 Å². The molecule has 2 rings (SSSR count). The molecule has 0 spiro atoms. The molecule has 1 amide bonds. The van der Waals surface area contributed by atoms with Crippen LogP contribution in [0, 0.1) is 11.8 Å². The summed E-state index contributed by atoms with van der Waals surface area (Å²) in [5.41, 5.74) is 6.25. The van der Waals surface area contributed by atoms with Gasteiger partial charge in [-0.1, -0.05) is 11.8 Å². The van der Waals surface area contributed by atoms with Gasteiger partial charge in [0.05, 0.1) is 19.6 Å². The number of ether oxygens (including phenoxy) is 1. The minimum absolute atomic E-state index is 0.233. The zero-order chi connectivity index (χ0) is 11.4. The zero-order valence-electron chi connectivity index (χ0n) is 8.73. The fourth-order valence-corrected chi connectivity index (χ4v) is 2.27. The molecule has 1 aliphatic heterocycles. The highest BCUT2D eigenvalue weighted by Gasteiger charge is 2.22. The molecule has 16 heavy (non-hydrogen) atoms. The maximum Gasteiger partial charge on any atom is 0.410 e. The van der Waals surface area contributed by atoms with Crippen molar-refractivity contribution >= 4 is 17.4 Å². The normalized spacial score (nSPS) is 14.6. The number of nitrogens with zero attached hydrogens (tertiary/aromatic N) is 1. The number of carbonyl (C=O) groups is 1. The van der Waals surface area contributed by atoms with Crippen molar-refractivity contribution < 1.29 is 9.53 Å². The Balaban J connectivity index is 1.99. The summed E-state index contributed by atoms with van der Waals surface area (Å²) in [7, 11) is 0. The summed E-state index contributed by atoms with van der Waals surface area (Å²) in [6.45, 7) is 2.13. The molecule has 1 fully saturated rings. The minimum atomic E-state index is -0.233. The topological polar surface area (TPSA) is 55.6 Å². The average molecular weight is 236 g/mol. The molecular formula is C11H12N2O2S. The van der Waals surface area contributed by atoms with Crippen molar-refractivity contribution in [2.75, 3.05) is 19.7 Å². The summed E-state index contributed by atoms with van der Waals surface area (Å²) in [6.07, 6.45) is -0.233. The van der Waals surface area contributed by atoms with Crippen LogP contribution in [0.1, 0.15) is 10.4 Å². The SMILES string of the molecule is NCC#Cc1csc(CN2CCOC2=O)c1. The van der Waals surface area contributed by atoms with Crippen LogP contribution in [0.25, 0.3) is 0 Å². The third-order valence-corrected chi connectivity index (χ3v) is 3.10. The molecule has 2 heterocycles. The van der Waals surface area contributed by atoms with Crippen molar-refractivity contribution in [2.45, 2.75) is 6.54 Å². The fraction of sp³-hybridized carbons (Fsp3) is 0.364. The summed E-state index contributed by atoms with van der Waals surface area (Å²) >= 11 is 1.60. The van der Waals surface area contributed by atoms with Gasteiger partial charge in [0.1, 0.15) is 6.61 Å². The molecule has 0 aliphatic carbocycles. The Bertz CT molecular complexity index is 444. The van der Waals surface area contributed by atoms with E-state index in [1.165, 1.54) is 0 Å². The second-order valence-corrected chi connectivity index (χ2v) is 4.34. The van der Waals surface area contributed by atoms with Crippen molar-refractivity contribution in [3.63, 3.8) is 0 Å². The highest BCUT2D eigenvalue weighted by atomic mass is 32.1. The van der Waals surface area contributed by atoms with E-state index in [9.17, 15) is 4.79 Å². The van der Waals surface area contributed by atoms with Crippen LogP contribution in [0.15, 0.2) is 11.4 Å². The van der Waals surface area contributed by atoms with Crippen molar-refractivity contribution in [3.05, 3.63) is 21.9 Å². The van der Waals surface area contributed by atoms with E-state index >= 15 is 0 Å². The maximum absolute atomic E-state index is 11.2. The monoisotopic (exact) mass is 236 g/mol. The number of cyclic esters (lactones) is 1. The van der Waals surface area contributed by atoms with Crippen molar-refractivity contribution in [1.82, 2.24) is 4.90 Å². The lowest BCUT2D eigenvalue weighted by Crippen LogP contribution is -2.22. The van der Waals surface area contributed by atoms with Crippen molar-refractivity contribution in [1.29, 1.82) is 0 Å². The van der Waals surface area contributed by atoms with Crippen LogP contribution < -0.4 is 5.73 Å². The number of rotatable bonds is 2. The van der Waals surface area contributed by atoms with Gasteiger partial charge in [-0.3, -0.25) is 4.90 Å². The fourth-order valence-electron chi connectivity index (χ4n) is 1.44. The Kier molecular flexibility index (Phi) is 3.44. The van der Waals surface area contributed by atoms with Gasteiger partial charge in [-0.15, -0.1) is 11.3 Å². The van der Waals surface area contributed by atoms with Crippen LogP contribution in [-0.2, 0) is 11.3 Å². The molecule has 2 N–H and O–H groups in total. The van der Waals surface area contributed by atoms with Gasteiger partial charge in [-0.25, -0.2) is 4.79 Å². The summed E-state index contributed by atoms with van der Waals surface area (Å²) in [5.74, 6) is 5.76. The van der Waals surface area contributed by atoms with Gasteiger partial charge in [0.25, 0.3) is 0 Å². The summed E-state index contributed by atoms with van der Waals surface area (Å²) < 4.78 is 4.86. The molecule has 0 aromatic carbocycles. The number of hydrogen-bond acceptors (Lipinski definition) is 4. The number of amides is 1. The van der Waals surface area contributed by atoms with Crippen LogP contribution in [-0.4, -0.2) is 30.7 Å². The Hall–Kier alpha value is -1.51. The van der Waals surface area contributed by atoms with Crippen LogP contribution in [0.2, 0.25) is 0 Å². The standard InChI is InChI=1S/C11H12N2O2S/c12-3-1-2-9-6-10(16-8-9)7-13-4-5-15-11(13)14/h6,8H,3-5,7,12H2. The second-order valence-electron chi connectivity index (χ2n) is 3.34. The smallest absolute Gasteiger partial charge is 0.410 e. The molecule has 0 atom stereocenters. The van der Waals surface area contributed by atoms with E-state index in [4.69, 9.17) is 10.5 Å². The predicted molar refractivity (Wildman–Crippen MR) is 62.0 cm³/mol. The van der Waals surface area contributed by atoms with E-state index in [1.807, 2.05) is 11.4 Å². The van der Waals surface area contributed by atoms with Gasteiger partial charge in [0, 0.05) is 15.8 Å². The minimum Gasteiger partial charge on any atom is -0.448 e. The Morgan fingerprint density at radius 2 is 2.50 bits per heavy atom. The van der Waals surface area contributed by atoms with Gasteiger partial charge >= 0.3 is 6.09 Å². The molecule has 1 aliphatic rings. The van der Waals surface area contributed by atoms with Crippen LogP contribution >= 0.6 is 11.3 Å². The first-order valence-corrected chi connectivity index (χ1v) is 5.85. The number of carbonyl (C=O) groups excluding carboxylic acids is 1. The number of nitrogens with two attached hydrogens (primary N) is 1. The van der Waals surface area contributed by atoms with E-state index in [0.717, 1.165) is 10.4 Å². The first kappa shape index (κ1) is 11.0. The highest BCUT2D eigenvalue weighted by Crippen LogP contribution is 2.18. The van der Waals surface area contributed by atoms with Crippen LogP contribution in [0.4, 0.5) is 4.79 Å². The molecule has 84 valence electrons. The molecule has 1 saturated heterocycles. The molecular weight excluding hydrogens is 224 g/mol. The highest BCUT2D eigenvalue weighted by molar-refractivity contribution is 7.10. The third kappa shape index (κ3) is 2.54. The Labute approximate surface area is 98.0 Å². The number of hydrogen-bond donors (Lipinski definition) is 1. The van der Waals surface area contributed by atoms with Crippen molar-refractivity contribution in [3.8, 4) is 11.8 Å². The molecule has 0 radical (unpaired) electrons. The summed E-state index contributed by atoms with van der Waals surface area (Å²) in [6, 6.07) is 1.99. The van der Waals surface area contributed by atoms with E-state index in [2.05, 4.69) is 11.8 Å². The van der Waals surface area contributed by atoms with Gasteiger partial charge in [0.15, 0.2) is 0 Å². The molecule has 5 heteroatoms. The van der Waals surface area contributed by atoms with Gasteiger partial charge in [-0.05, 0) is 6.07 Å². The largest absolute Gasteiger partial charge is 0.448 e. The zero-order valence-corrected chi connectivity index (χ0v) is 9.55. The summed E-state index contributed by atoms with van der Waals surface area (Å²) in [5, 5.41) is 1.97. The second kappa shape index (κ2) is 5.01. The Morgan fingerprint density at radius 1 is 1.62 bits per heavy atom. The molecule has 4 nitrogen and oxygen atoms in total. The van der Waals surface area contributed by atoms with Crippen LogP contribution in [0.5, 0.6) is 0 Å². The molecule has 1 aromatic heterocycles. The third-order valence-electron chi connectivity index (χ3n) is 2.18. The lowest BCUT2D eigenvalue weighted by molar-refractivity contribution is 0.157. The van der Waals surface area contributed by atoms with E-state index < -0.39 is 0 Å². The predicted octanol–water partition coefficient (Wildman–Crippen LogP) is 1.01. The van der Waals surface area contributed by atoms with Gasteiger partial charge in [0.2, 0.25) is 0 Å². The Morgan fingerprint density at radius 3 is 3.19 bits per heavy atom.